The zero-order chi connectivity index (χ0) is 18.7. The van der Waals surface area contributed by atoms with E-state index in [1.165, 1.54) is 42.6 Å². The molecule has 0 amide bonds. The summed E-state index contributed by atoms with van der Waals surface area (Å²) in [6.45, 7) is 1.59. The molecule has 11 nitrogen and oxygen atoms in total. The summed E-state index contributed by atoms with van der Waals surface area (Å²) in [6.07, 6.45) is 0.520. The van der Waals surface area contributed by atoms with Crippen LogP contribution >= 0.6 is 0 Å². The second kappa shape index (κ2) is 6.93. The molecular weight excluding hydrogens is 346 g/mol. The first-order valence-corrected chi connectivity index (χ1v) is 7.30. The number of nitro groups is 2. The largest absolute Gasteiger partial charge is 0.473 e. The first-order valence-electron chi connectivity index (χ1n) is 7.30. The number of hydrogen-bond acceptors (Lipinski definition) is 9. The molecule has 2 aromatic heterocycles. The topological polar surface area (TPSA) is 147 Å². The van der Waals surface area contributed by atoms with E-state index in [2.05, 4.69) is 15.2 Å². The van der Waals surface area contributed by atoms with Crippen molar-refractivity contribution in [1.82, 2.24) is 15.2 Å². The number of pyridine rings is 1. The Morgan fingerprint density at radius 1 is 1.08 bits per heavy atom. The lowest BCUT2D eigenvalue weighted by Crippen LogP contribution is -2.06. The Morgan fingerprint density at radius 3 is 2.46 bits per heavy atom. The van der Waals surface area contributed by atoms with Gasteiger partial charge in [0, 0.05) is 17.7 Å². The third-order valence-electron chi connectivity index (χ3n) is 3.34. The molecule has 0 aliphatic heterocycles. The van der Waals surface area contributed by atoms with Crippen LogP contribution in [0, 0.1) is 20.2 Å². The normalized spacial score (nSPS) is 11.7. The Morgan fingerprint density at radius 2 is 1.81 bits per heavy atom. The molecule has 0 fully saturated rings. The number of nitrogens with zero attached hydrogens (tertiary/aromatic N) is 5. The average Bonchev–Trinajstić information content (AvgIpc) is 3.12. The van der Waals surface area contributed by atoms with E-state index in [0.29, 0.717) is 5.56 Å². The van der Waals surface area contributed by atoms with Crippen molar-refractivity contribution < 1.29 is 19.0 Å². The van der Waals surface area contributed by atoms with Crippen molar-refractivity contribution in [1.29, 1.82) is 0 Å². The first-order chi connectivity index (χ1) is 12.5. The van der Waals surface area contributed by atoms with Crippen LogP contribution < -0.4 is 4.74 Å². The standard InChI is InChI=1S/C15H11N5O6/c1-9(25-12-3-2-8-16-13(12)20(23)24)14-17-18-15(26-14)10-4-6-11(7-5-10)19(21)22/h2-9H,1H3/t9-/m1/s1. The highest BCUT2D eigenvalue weighted by atomic mass is 16.6. The third-order valence-corrected chi connectivity index (χ3v) is 3.34. The van der Waals surface area contributed by atoms with Crippen LogP contribution in [0.3, 0.4) is 0 Å². The minimum absolute atomic E-state index is 0.0277. The Kier molecular flexibility index (Phi) is 4.51. The van der Waals surface area contributed by atoms with Crippen LogP contribution in [0.25, 0.3) is 11.5 Å². The number of nitro benzene ring substituents is 1. The van der Waals surface area contributed by atoms with Gasteiger partial charge in [0.1, 0.15) is 6.20 Å². The van der Waals surface area contributed by atoms with Crippen LogP contribution in [-0.2, 0) is 0 Å². The molecule has 0 unspecified atom stereocenters. The van der Waals surface area contributed by atoms with E-state index >= 15 is 0 Å². The molecule has 1 aromatic carbocycles. The average molecular weight is 357 g/mol. The molecule has 26 heavy (non-hydrogen) atoms. The summed E-state index contributed by atoms with van der Waals surface area (Å²) in [7, 11) is 0. The Bertz CT molecular complexity index is 955. The lowest BCUT2D eigenvalue weighted by atomic mass is 10.2. The van der Waals surface area contributed by atoms with Crippen LogP contribution in [-0.4, -0.2) is 25.0 Å². The molecule has 0 saturated carbocycles. The predicted octanol–water partition coefficient (Wildman–Crippen LogP) is 3.09. The van der Waals surface area contributed by atoms with Crippen LogP contribution in [0.1, 0.15) is 18.9 Å². The molecule has 1 atom stereocenters. The molecule has 2 heterocycles. The first kappa shape index (κ1) is 17.0. The second-order valence-corrected chi connectivity index (χ2v) is 5.09. The van der Waals surface area contributed by atoms with Gasteiger partial charge in [0.05, 0.1) is 4.92 Å². The van der Waals surface area contributed by atoms with Gasteiger partial charge in [0.25, 0.3) is 11.6 Å². The van der Waals surface area contributed by atoms with Gasteiger partial charge in [-0.2, -0.15) is 0 Å². The minimum atomic E-state index is -0.766. The maximum absolute atomic E-state index is 11.0. The smallest absolute Gasteiger partial charge is 0.406 e. The number of rotatable bonds is 6. The second-order valence-electron chi connectivity index (χ2n) is 5.09. The highest BCUT2D eigenvalue weighted by molar-refractivity contribution is 5.55. The maximum atomic E-state index is 11.0. The Labute approximate surface area is 145 Å². The molecule has 0 aliphatic rings. The van der Waals surface area contributed by atoms with E-state index in [4.69, 9.17) is 9.15 Å². The van der Waals surface area contributed by atoms with Crippen molar-refractivity contribution in [3.05, 3.63) is 68.7 Å². The molecule has 11 heteroatoms. The molecular formula is C15H11N5O6. The van der Waals surface area contributed by atoms with E-state index in [1.807, 2.05) is 0 Å². The van der Waals surface area contributed by atoms with E-state index in [1.54, 1.807) is 6.92 Å². The zero-order valence-corrected chi connectivity index (χ0v) is 13.3. The van der Waals surface area contributed by atoms with Crippen molar-refractivity contribution in [2.75, 3.05) is 0 Å². The lowest BCUT2D eigenvalue weighted by Gasteiger charge is -2.10. The molecule has 3 aromatic rings. The summed E-state index contributed by atoms with van der Waals surface area (Å²) >= 11 is 0. The molecule has 3 rings (SSSR count). The van der Waals surface area contributed by atoms with Gasteiger partial charge in [-0.25, -0.2) is 0 Å². The van der Waals surface area contributed by atoms with Gasteiger partial charge in [-0.05, 0) is 41.1 Å². The summed E-state index contributed by atoms with van der Waals surface area (Å²) in [5, 5.41) is 29.4. The summed E-state index contributed by atoms with van der Waals surface area (Å²) in [4.78, 5) is 24.1. The molecule has 0 spiro atoms. The third kappa shape index (κ3) is 3.45. The van der Waals surface area contributed by atoms with Crippen LogP contribution in [0.2, 0.25) is 0 Å². The van der Waals surface area contributed by atoms with Crippen LogP contribution in [0.5, 0.6) is 5.75 Å². The summed E-state index contributed by atoms with van der Waals surface area (Å²) < 4.78 is 11.0. The van der Waals surface area contributed by atoms with Crippen molar-refractivity contribution in [3.63, 3.8) is 0 Å². The molecule has 0 radical (unpaired) electrons. The number of ether oxygens (including phenoxy) is 1. The number of benzene rings is 1. The Hall–Kier alpha value is -3.89. The summed E-state index contributed by atoms with van der Waals surface area (Å²) in [6, 6.07) is 8.51. The summed E-state index contributed by atoms with van der Waals surface area (Å²) in [5.41, 5.74) is 0.433. The van der Waals surface area contributed by atoms with E-state index in [-0.39, 0.29) is 23.2 Å². The quantitative estimate of drug-likeness (QED) is 0.479. The monoisotopic (exact) mass is 357 g/mol. The van der Waals surface area contributed by atoms with Gasteiger partial charge >= 0.3 is 5.82 Å². The van der Waals surface area contributed by atoms with E-state index < -0.39 is 21.8 Å². The Balaban J connectivity index is 1.79. The van der Waals surface area contributed by atoms with Crippen molar-refractivity contribution >= 4 is 11.5 Å². The molecule has 0 bridgehead atoms. The number of hydrogen-bond donors (Lipinski definition) is 0. The fraction of sp³-hybridized carbons (Fsp3) is 0.133. The van der Waals surface area contributed by atoms with E-state index in [9.17, 15) is 20.2 Å². The van der Waals surface area contributed by atoms with Gasteiger partial charge in [-0.3, -0.25) is 10.1 Å². The van der Waals surface area contributed by atoms with Gasteiger partial charge in [0.2, 0.25) is 11.6 Å². The fourth-order valence-corrected chi connectivity index (χ4v) is 2.09. The van der Waals surface area contributed by atoms with E-state index in [0.717, 1.165) is 0 Å². The van der Waals surface area contributed by atoms with Crippen LogP contribution in [0.15, 0.2) is 47.0 Å². The van der Waals surface area contributed by atoms with Gasteiger partial charge in [-0.1, -0.05) is 0 Å². The van der Waals surface area contributed by atoms with Crippen molar-refractivity contribution in [2.24, 2.45) is 0 Å². The number of non-ortho nitro benzene ring substituents is 1. The number of aromatic nitrogens is 3. The fourth-order valence-electron chi connectivity index (χ4n) is 2.09. The van der Waals surface area contributed by atoms with Crippen molar-refractivity contribution in [3.8, 4) is 17.2 Å². The van der Waals surface area contributed by atoms with Gasteiger partial charge in [0.15, 0.2) is 6.10 Å². The molecule has 132 valence electrons. The van der Waals surface area contributed by atoms with Gasteiger partial charge in [-0.15, -0.1) is 10.2 Å². The van der Waals surface area contributed by atoms with Crippen LogP contribution in [0.4, 0.5) is 11.5 Å². The minimum Gasteiger partial charge on any atom is -0.473 e. The molecule has 0 aliphatic carbocycles. The van der Waals surface area contributed by atoms with Gasteiger partial charge < -0.3 is 19.3 Å². The zero-order valence-electron chi connectivity index (χ0n) is 13.3. The molecule has 0 saturated heterocycles. The lowest BCUT2D eigenvalue weighted by molar-refractivity contribution is -0.390. The van der Waals surface area contributed by atoms with Crippen molar-refractivity contribution in [2.45, 2.75) is 13.0 Å². The SMILES string of the molecule is C[C@@H](Oc1cccnc1[N+](=O)[O-])c1nnc(-c2ccc([N+](=O)[O-])cc2)o1. The molecule has 0 N–H and O–H groups in total. The summed E-state index contributed by atoms with van der Waals surface area (Å²) in [5.74, 6) is -0.211. The predicted molar refractivity (Wildman–Crippen MR) is 86.3 cm³/mol. The highest BCUT2D eigenvalue weighted by Crippen LogP contribution is 2.29. The maximum Gasteiger partial charge on any atom is 0.406 e. The highest BCUT2D eigenvalue weighted by Gasteiger charge is 2.22.